The standard InChI is InChI=1S/C25H18O2/c1-2-19-11-15-22(16-12-19)24-10-6-5-9-21(24)8-4-3-7-20-13-17-23(18-14-20)25(26)27/h2,4-6,8-18H,1H2,(H,26,27)/b8-4+. The van der Waals surface area contributed by atoms with Gasteiger partial charge >= 0.3 is 5.97 Å². The molecular weight excluding hydrogens is 332 g/mol. The molecule has 27 heavy (non-hydrogen) atoms. The number of carbonyl (C=O) groups is 1. The molecule has 3 rings (SSSR count). The van der Waals surface area contributed by atoms with Crippen LogP contribution in [-0.2, 0) is 0 Å². The molecule has 0 saturated heterocycles. The fraction of sp³-hybridized carbons (Fsp3) is 0. The van der Waals surface area contributed by atoms with Gasteiger partial charge in [-0.1, -0.05) is 73.0 Å². The first-order chi connectivity index (χ1) is 13.2. The predicted molar refractivity (Wildman–Crippen MR) is 111 cm³/mol. The molecule has 130 valence electrons. The summed E-state index contributed by atoms with van der Waals surface area (Å²) in [7, 11) is 0. The second kappa shape index (κ2) is 8.51. The van der Waals surface area contributed by atoms with Crippen molar-refractivity contribution in [1.29, 1.82) is 0 Å². The van der Waals surface area contributed by atoms with E-state index in [1.54, 1.807) is 24.3 Å². The first-order valence-corrected chi connectivity index (χ1v) is 8.51. The number of allylic oxidation sites excluding steroid dienone is 1. The summed E-state index contributed by atoms with van der Waals surface area (Å²) < 4.78 is 0. The molecule has 0 atom stereocenters. The summed E-state index contributed by atoms with van der Waals surface area (Å²) in [6, 6.07) is 22.9. The molecule has 0 heterocycles. The van der Waals surface area contributed by atoms with Gasteiger partial charge < -0.3 is 5.11 Å². The number of carboxylic acids is 1. The van der Waals surface area contributed by atoms with Gasteiger partial charge in [-0.2, -0.15) is 0 Å². The summed E-state index contributed by atoms with van der Waals surface area (Å²) in [5.74, 6) is 5.08. The van der Waals surface area contributed by atoms with E-state index in [4.69, 9.17) is 5.11 Å². The maximum Gasteiger partial charge on any atom is 0.335 e. The Morgan fingerprint density at radius 1 is 0.926 bits per heavy atom. The topological polar surface area (TPSA) is 37.3 Å². The molecule has 0 saturated carbocycles. The average molecular weight is 350 g/mol. The predicted octanol–water partition coefficient (Wildman–Crippen LogP) is 5.76. The number of aromatic carboxylic acids is 1. The largest absolute Gasteiger partial charge is 0.478 e. The van der Waals surface area contributed by atoms with Gasteiger partial charge in [-0.05, 0) is 58.7 Å². The van der Waals surface area contributed by atoms with Crippen LogP contribution in [0.25, 0.3) is 23.3 Å². The van der Waals surface area contributed by atoms with Gasteiger partial charge in [-0.3, -0.25) is 0 Å². The van der Waals surface area contributed by atoms with Crippen LogP contribution < -0.4 is 0 Å². The van der Waals surface area contributed by atoms with Gasteiger partial charge in [0.1, 0.15) is 0 Å². The van der Waals surface area contributed by atoms with E-state index in [0.717, 1.165) is 27.8 Å². The molecule has 0 spiro atoms. The van der Waals surface area contributed by atoms with Crippen LogP contribution in [0.15, 0.2) is 85.5 Å². The van der Waals surface area contributed by atoms with E-state index in [1.165, 1.54) is 0 Å². The van der Waals surface area contributed by atoms with Crippen LogP contribution in [0.5, 0.6) is 0 Å². The van der Waals surface area contributed by atoms with Crippen LogP contribution in [0.1, 0.15) is 27.0 Å². The van der Waals surface area contributed by atoms with E-state index < -0.39 is 5.97 Å². The van der Waals surface area contributed by atoms with Crippen molar-refractivity contribution in [3.63, 3.8) is 0 Å². The molecule has 0 radical (unpaired) electrons. The Balaban J connectivity index is 1.80. The Kier molecular flexibility index (Phi) is 5.67. The first kappa shape index (κ1) is 18.0. The Morgan fingerprint density at radius 3 is 2.30 bits per heavy atom. The van der Waals surface area contributed by atoms with Crippen molar-refractivity contribution in [2.24, 2.45) is 0 Å². The van der Waals surface area contributed by atoms with Gasteiger partial charge in [0, 0.05) is 5.56 Å². The minimum atomic E-state index is -0.938. The normalized spacial score (nSPS) is 10.2. The summed E-state index contributed by atoms with van der Waals surface area (Å²) >= 11 is 0. The highest BCUT2D eigenvalue weighted by molar-refractivity contribution is 5.87. The van der Waals surface area contributed by atoms with Crippen molar-refractivity contribution < 1.29 is 9.90 Å². The summed E-state index contributed by atoms with van der Waals surface area (Å²) in [6.07, 6.45) is 5.62. The zero-order valence-electron chi connectivity index (χ0n) is 14.7. The van der Waals surface area contributed by atoms with Crippen molar-refractivity contribution in [1.82, 2.24) is 0 Å². The van der Waals surface area contributed by atoms with Crippen LogP contribution in [-0.4, -0.2) is 11.1 Å². The van der Waals surface area contributed by atoms with Crippen LogP contribution in [0, 0.1) is 11.8 Å². The van der Waals surface area contributed by atoms with Gasteiger partial charge in [-0.25, -0.2) is 4.79 Å². The molecule has 0 aliphatic heterocycles. The third-order valence-corrected chi connectivity index (χ3v) is 4.11. The van der Waals surface area contributed by atoms with Crippen LogP contribution >= 0.6 is 0 Å². The molecule has 0 fully saturated rings. The zero-order chi connectivity index (χ0) is 19.1. The van der Waals surface area contributed by atoms with E-state index in [-0.39, 0.29) is 5.56 Å². The van der Waals surface area contributed by atoms with Crippen LogP contribution in [0.4, 0.5) is 0 Å². The molecule has 2 nitrogen and oxygen atoms in total. The van der Waals surface area contributed by atoms with Crippen LogP contribution in [0.2, 0.25) is 0 Å². The molecule has 0 aliphatic rings. The maximum absolute atomic E-state index is 10.9. The second-order valence-electron chi connectivity index (χ2n) is 5.90. The van der Waals surface area contributed by atoms with E-state index in [1.807, 2.05) is 42.5 Å². The van der Waals surface area contributed by atoms with Gasteiger partial charge in [0.2, 0.25) is 0 Å². The molecule has 0 bridgehead atoms. The third kappa shape index (κ3) is 4.62. The molecule has 1 N–H and O–H groups in total. The quantitative estimate of drug-likeness (QED) is 0.607. The summed E-state index contributed by atoms with van der Waals surface area (Å²) in [6.45, 7) is 3.78. The smallest absolute Gasteiger partial charge is 0.335 e. The lowest BCUT2D eigenvalue weighted by Gasteiger charge is -2.06. The molecule has 2 heteroatoms. The van der Waals surface area contributed by atoms with Crippen molar-refractivity contribution in [2.45, 2.75) is 0 Å². The molecule has 0 aromatic heterocycles. The Morgan fingerprint density at radius 2 is 1.63 bits per heavy atom. The Labute approximate surface area is 159 Å². The molecule has 3 aromatic carbocycles. The zero-order valence-corrected chi connectivity index (χ0v) is 14.7. The van der Waals surface area contributed by atoms with Crippen molar-refractivity contribution >= 4 is 18.1 Å². The fourth-order valence-corrected chi connectivity index (χ4v) is 2.66. The Hall–Kier alpha value is -3.83. The lowest BCUT2D eigenvalue weighted by molar-refractivity contribution is 0.0697. The van der Waals surface area contributed by atoms with Crippen molar-refractivity contribution in [3.8, 4) is 23.0 Å². The van der Waals surface area contributed by atoms with Gasteiger partial charge in [0.25, 0.3) is 0 Å². The summed E-state index contributed by atoms with van der Waals surface area (Å²) in [5, 5.41) is 8.91. The van der Waals surface area contributed by atoms with E-state index in [9.17, 15) is 4.79 Å². The Bertz CT molecular complexity index is 1040. The number of carboxylic acid groups (broad SMARTS) is 1. The molecule has 0 amide bonds. The average Bonchev–Trinajstić information content (AvgIpc) is 2.72. The number of rotatable bonds is 4. The fourth-order valence-electron chi connectivity index (χ4n) is 2.66. The number of benzene rings is 3. The lowest BCUT2D eigenvalue weighted by atomic mass is 9.98. The minimum Gasteiger partial charge on any atom is -0.478 e. The van der Waals surface area contributed by atoms with Crippen molar-refractivity contribution in [3.05, 3.63) is 108 Å². The highest BCUT2D eigenvalue weighted by Gasteiger charge is 2.02. The summed E-state index contributed by atoms with van der Waals surface area (Å²) in [5.41, 5.74) is 5.48. The molecule has 3 aromatic rings. The lowest BCUT2D eigenvalue weighted by Crippen LogP contribution is -1.94. The van der Waals surface area contributed by atoms with E-state index >= 15 is 0 Å². The number of hydrogen-bond donors (Lipinski definition) is 1. The number of hydrogen-bond acceptors (Lipinski definition) is 1. The van der Waals surface area contributed by atoms with Crippen LogP contribution in [0.3, 0.4) is 0 Å². The second-order valence-corrected chi connectivity index (χ2v) is 5.90. The molecule has 0 unspecified atom stereocenters. The van der Waals surface area contributed by atoms with Crippen molar-refractivity contribution in [2.75, 3.05) is 0 Å². The van der Waals surface area contributed by atoms with E-state index in [0.29, 0.717) is 0 Å². The highest BCUT2D eigenvalue weighted by atomic mass is 16.4. The first-order valence-electron chi connectivity index (χ1n) is 8.51. The van der Waals surface area contributed by atoms with E-state index in [2.05, 4.69) is 42.7 Å². The molecular formula is C25H18O2. The maximum atomic E-state index is 10.9. The molecule has 0 aliphatic carbocycles. The van der Waals surface area contributed by atoms with Gasteiger partial charge in [-0.15, -0.1) is 0 Å². The van der Waals surface area contributed by atoms with Gasteiger partial charge in [0.15, 0.2) is 0 Å². The minimum absolute atomic E-state index is 0.257. The third-order valence-electron chi connectivity index (χ3n) is 4.11. The monoisotopic (exact) mass is 350 g/mol. The SMILES string of the molecule is C=Cc1ccc(-c2ccccc2/C=C/C#Cc2ccc(C(=O)O)cc2)cc1. The highest BCUT2D eigenvalue weighted by Crippen LogP contribution is 2.25. The van der Waals surface area contributed by atoms with Gasteiger partial charge in [0.05, 0.1) is 5.56 Å². The summed E-state index contributed by atoms with van der Waals surface area (Å²) in [4.78, 5) is 10.9.